The van der Waals surface area contributed by atoms with Crippen LogP contribution in [0.3, 0.4) is 0 Å². The summed E-state index contributed by atoms with van der Waals surface area (Å²) in [5, 5.41) is 3.22. The number of amides is 1. The zero-order valence-electron chi connectivity index (χ0n) is 16.2. The molecule has 158 valence electrons. The van der Waals surface area contributed by atoms with Crippen LogP contribution in [0.2, 0.25) is 10.2 Å². The van der Waals surface area contributed by atoms with Crippen LogP contribution in [0.1, 0.15) is 36.7 Å². The molecular weight excluding hydrogens is 437 g/mol. The number of sulfonamides is 1. The molecular formula is C19H23Cl2N3O4S. The number of rotatable bonds is 6. The summed E-state index contributed by atoms with van der Waals surface area (Å²) in [7, 11) is -2.03. The Labute approximate surface area is 180 Å². The molecule has 2 aromatic rings. The van der Waals surface area contributed by atoms with Crippen LogP contribution in [0.25, 0.3) is 0 Å². The molecule has 2 heterocycles. The van der Waals surface area contributed by atoms with Gasteiger partial charge in [-0.1, -0.05) is 29.6 Å². The van der Waals surface area contributed by atoms with Crippen molar-refractivity contribution in [1.29, 1.82) is 0 Å². The van der Waals surface area contributed by atoms with E-state index in [4.69, 9.17) is 27.9 Å². The van der Waals surface area contributed by atoms with Crippen LogP contribution in [0, 0.1) is 0 Å². The number of nitrogens with zero attached hydrogens (tertiary/aromatic N) is 2. The first kappa shape index (κ1) is 22.0. The van der Waals surface area contributed by atoms with Crippen LogP contribution >= 0.6 is 23.2 Å². The van der Waals surface area contributed by atoms with Gasteiger partial charge in [0.15, 0.2) is 0 Å². The van der Waals surface area contributed by atoms with Crippen molar-refractivity contribution in [3.8, 4) is 5.75 Å². The number of hydrogen-bond acceptors (Lipinski definition) is 4. The van der Waals surface area contributed by atoms with Crippen molar-refractivity contribution in [2.45, 2.75) is 31.1 Å². The molecule has 1 fully saturated rings. The van der Waals surface area contributed by atoms with Crippen LogP contribution in [0.4, 0.5) is 5.69 Å². The highest BCUT2D eigenvalue weighted by molar-refractivity contribution is 7.89. The first-order valence-corrected chi connectivity index (χ1v) is 11.5. The Balaban J connectivity index is 1.94. The van der Waals surface area contributed by atoms with E-state index in [9.17, 15) is 13.2 Å². The fourth-order valence-corrected chi connectivity index (χ4v) is 5.17. The molecule has 1 aliphatic rings. The zero-order chi connectivity index (χ0) is 21.2. The van der Waals surface area contributed by atoms with E-state index in [1.165, 1.54) is 27.1 Å². The number of piperidine rings is 1. The molecule has 1 saturated heterocycles. The van der Waals surface area contributed by atoms with Gasteiger partial charge in [-0.25, -0.2) is 8.42 Å². The highest BCUT2D eigenvalue weighted by Gasteiger charge is 2.27. The third kappa shape index (κ3) is 4.55. The number of halogens is 2. The number of benzene rings is 1. The largest absolute Gasteiger partial charge is 0.492 e. The van der Waals surface area contributed by atoms with Crippen LogP contribution in [-0.2, 0) is 17.1 Å². The quantitative estimate of drug-likeness (QED) is 0.702. The Kier molecular flexibility index (Phi) is 6.78. The molecule has 0 atom stereocenters. The summed E-state index contributed by atoms with van der Waals surface area (Å²) < 4.78 is 34.5. The second-order valence-electron chi connectivity index (χ2n) is 6.74. The van der Waals surface area contributed by atoms with E-state index in [1.807, 2.05) is 0 Å². The lowest BCUT2D eigenvalue weighted by atomic mass is 10.2. The second-order valence-corrected chi connectivity index (χ2v) is 9.44. The SMILES string of the molecule is CCOc1ccc(S(=O)(=O)N2CCCCC2)cc1NC(=O)c1cc(Cl)c(Cl)n1C. The minimum Gasteiger partial charge on any atom is -0.492 e. The highest BCUT2D eigenvalue weighted by atomic mass is 35.5. The number of aromatic nitrogens is 1. The lowest BCUT2D eigenvalue weighted by Crippen LogP contribution is -2.35. The van der Waals surface area contributed by atoms with Gasteiger partial charge in [0, 0.05) is 20.1 Å². The van der Waals surface area contributed by atoms with E-state index in [0.717, 1.165) is 19.3 Å². The first-order chi connectivity index (χ1) is 13.8. The van der Waals surface area contributed by atoms with E-state index in [-0.39, 0.29) is 26.5 Å². The van der Waals surface area contributed by atoms with E-state index in [0.29, 0.717) is 25.4 Å². The van der Waals surface area contributed by atoms with Crippen molar-refractivity contribution in [1.82, 2.24) is 8.87 Å². The summed E-state index contributed by atoms with van der Waals surface area (Å²) in [5.74, 6) is -0.0976. The van der Waals surface area contributed by atoms with Crippen LogP contribution in [0.15, 0.2) is 29.2 Å². The van der Waals surface area contributed by atoms with Crippen molar-refractivity contribution < 1.29 is 17.9 Å². The van der Waals surface area contributed by atoms with Gasteiger partial charge in [0.2, 0.25) is 10.0 Å². The standard InChI is InChI=1S/C19H23Cl2N3O4S/c1-3-28-17-8-7-13(29(26,27)24-9-5-4-6-10-24)11-15(17)22-19(25)16-12-14(20)18(21)23(16)2/h7-8,11-12H,3-6,9-10H2,1-2H3,(H,22,25). The number of ether oxygens (including phenoxy) is 1. The lowest BCUT2D eigenvalue weighted by Gasteiger charge is -2.26. The third-order valence-electron chi connectivity index (χ3n) is 4.80. The maximum absolute atomic E-state index is 13.0. The number of carbonyl (C=O) groups excluding carboxylic acids is 1. The van der Waals surface area contributed by atoms with Crippen LogP contribution < -0.4 is 10.1 Å². The number of nitrogens with one attached hydrogen (secondary N) is 1. The third-order valence-corrected chi connectivity index (χ3v) is 7.54. The monoisotopic (exact) mass is 459 g/mol. The summed E-state index contributed by atoms with van der Waals surface area (Å²) in [5.41, 5.74) is 0.509. The molecule has 29 heavy (non-hydrogen) atoms. The van der Waals surface area contributed by atoms with Gasteiger partial charge in [-0.05, 0) is 44.0 Å². The predicted octanol–water partition coefficient (Wildman–Crippen LogP) is 4.16. The molecule has 0 saturated carbocycles. The Hall–Kier alpha value is -1.74. The molecule has 3 rings (SSSR count). The molecule has 1 amide bonds. The highest BCUT2D eigenvalue weighted by Crippen LogP contribution is 2.31. The average molecular weight is 460 g/mol. The Morgan fingerprint density at radius 3 is 2.45 bits per heavy atom. The van der Waals surface area contributed by atoms with Gasteiger partial charge < -0.3 is 14.6 Å². The van der Waals surface area contributed by atoms with Gasteiger partial charge in [-0.15, -0.1) is 0 Å². The molecule has 1 aromatic carbocycles. The molecule has 0 radical (unpaired) electrons. The fourth-order valence-electron chi connectivity index (χ4n) is 3.25. The topological polar surface area (TPSA) is 80.6 Å². The number of hydrogen-bond donors (Lipinski definition) is 1. The van der Waals surface area contributed by atoms with Gasteiger partial charge in [-0.2, -0.15) is 4.31 Å². The first-order valence-electron chi connectivity index (χ1n) is 9.34. The van der Waals surface area contributed by atoms with E-state index in [2.05, 4.69) is 5.32 Å². The maximum Gasteiger partial charge on any atom is 0.272 e. The summed E-state index contributed by atoms with van der Waals surface area (Å²) in [6.45, 7) is 3.17. The van der Waals surface area contributed by atoms with Gasteiger partial charge in [-0.3, -0.25) is 4.79 Å². The molecule has 0 unspecified atom stereocenters. The van der Waals surface area contributed by atoms with Crippen LogP contribution in [-0.4, -0.2) is 42.9 Å². The van der Waals surface area contributed by atoms with Crippen molar-refractivity contribution in [3.05, 3.63) is 40.1 Å². The van der Waals surface area contributed by atoms with Gasteiger partial charge in [0.05, 0.1) is 22.2 Å². The minimum absolute atomic E-state index is 0.112. The Bertz CT molecular complexity index is 1010. The lowest BCUT2D eigenvalue weighted by molar-refractivity contribution is 0.101. The molecule has 0 spiro atoms. The minimum atomic E-state index is -3.65. The molecule has 1 aromatic heterocycles. The number of carbonyl (C=O) groups is 1. The molecule has 0 aliphatic carbocycles. The van der Waals surface area contributed by atoms with Crippen LogP contribution in [0.5, 0.6) is 5.75 Å². The molecule has 1 aliphatic heterocycles. The normalized spacial score (nSPS) is 15.3. The predicted molar refractivity (Wildman–Crippen MR) is 114 cm³/mol. The summed E-state index contributed by atoms with van der Waals surface area (Å²) >= 11 is 12.0. The van der Waals surface area contributed by atoms with Gasteiger partial charge in [0.1, 0.15) is 16.6 Å². The van der Waals surface area contributed by atoms with Crippen molar-refractivity contribution >= 4 is 44.8 Å². The molecule has 10 heteroatoms. The zero-order valence-corrected chi connectivity index (χ0v) is 18.6. The maximum atomic E-state index is 13.0. The van der Waals surface area contributed by atoms with Gasteiger partial charge >= 0.3 is 0 Å². The summed E-state index contributed by atoms with van der Waals surface area (Å²) in [6, 6.07) is 5.94. The number of anilines is 1. The fraction of sp³-hybridized carbons (Fsp3) is 0.421. The Morgan fingerprint density at radius 2 is 1.86 bits per heavy atom. The van der Waals surface area contributed by atoms with E-state index >= 15 is 0 Å². The second kappa shape index (κ2) is 8.95. The Morgan fingerprint density at radius 1 is 1.17 bits per heavy atom. The van der Waals surface area contributed by atoms with E-state index < -0.39 is 15.9 Å². The van der Waals surface area contributed by atoms with Crippen molar-refractivity contribution in [3.63, 3.8) is 0 Å². The molecule has 0 bridgehead atoms. The van der Waals surface area contributed by atoms with E-state index in [1.54, 1.807) is 20.0 Å². The van der Waals surface area contributed by atoms with Crippen molar-refractivity contribution in [2.24, 2.45) is 7.05 Å². The summed E-state index contributed by atoms with van der Waals surface area (Å²) in [4.78, 5) is 12.9. The molecule has 1 N–H and O–H groups in total. The smallest absolute Gasteiger partial charge is 0.272 e. The summed E-state index contributed by atoms with van der Waals surface area (Å²) in [6.07, 6.45) is 2.71. The average Bonchev–Trinajstić information content (AvgIpc) is 2.97. The van der Waals surface area contributed by atoms with Gasteiger partial charge in [0.25, 0.3) is 5.91 Å². The van der Waals surface area contributed by atoms with Crippen molar-refractivity contribution in [2.75, 3.05) is 25.0 Å². The molecule has 7 nitrogen and oxygen atoms in total.